The molecule has 23 heavy (non-hydrogen) atoms. The van der Waals surface area contributed by atoms with Gasteiger partial charge in [-0.2, -0.15) is 0 Å². The van der Waals surface area contributed by atoms with Crippen molar-refractivity contribution in [3.8, 4) is 0 Å². The quantitative estimate of drug-likeness (QED) is 0.876. The molecule has 5 heteroatoms. The normalized spacial score (nSPS) is 40.8. The number of hydrogen-bond donors (Lipinski definition) is 1. The lowest BCUT2D eigenvalue weighted by atomic mass is 9.63. The van der Waals surface area contributed by atoms with Crippen LogP contribution in [0.15, 0.2) is 35.3 Å². The van der Waals surface area contributed by atoms with Gasteiger partial charge < -0.3 is 4.90 Å². The lowest BCUT2D eigenvalue weighted by Crippen LogP contribution is -2.66. The number of nitrogens with zero attached hydrogens (tertiary/aromatic N) is 2. The molecule has 1 spiro atoms. The largest absolute Gasteiger partial charge is 0.302 e. The predicted octanol–water partition coefficient (Wildman–Crippen LogP) is 2.85. The summed E-state index contributed by atoms with van der Waals surface area (Å²) in [4.78, 5) is 15.2. The number of hydrogen-bond acceptors (Lipinski definition) is 5. The first-order chi connectivity index (χ1) is 11.3. The fourth-order valence-electron chi connectivity index (χ4n) is 5.25. The van der Waals surface area contributed by atoms with E-state index in [-0.39, 0.29) is 5.72 Å². The van der Waals surface area contributed by atoms with Gasteiger partial charge in [0.05, 0.1) is 4.88 Å². The monoisotopic (exact) mass is 325 g/mol. The fraction of sp³-hybridized carbons (Fsp3) is 0.500. The molecule has 1 aliphatic carbocycles. The van der Waals surface area contributed by atoms with Crippen LogP contribution < -0.4 is 5.48 Å². The zero-order valence-electron chi connectivity index (χ0n) is 12.9. The van der Waals surface area contributed by atoms with Crippen molar-refractivity contribution >= 4 is 27.3 Å². The van der Waals surface area contributed by atoms with E-state index >= 15 is 0 Å². The standard InChI is InChI=1S/C18H19N3OS/c1-2-4-15-12(3-1)7-16(23-15)17-19-18(22-20-17)13-5-11-6-14(18)10-21(8-11)9-13/h1-4,7,11,13-14H,5-6,8-10H2,(H,19,20). The molecule has 0 amide bonds. The minimum Gasteiger partial charge on any atom is -0.302 e. The van der Waals surface area contributed by atoms with E-state index in [4.69, 9.17) is 9.83 Å². The van der Waals surface area contributed by atoms with E-state index in [1.165, 1.54) is 34.3 Å². The summed E-state index contributed by atoms with van der Waals surface area (Å²) in [5.74, 6) is 2.90. The first kappa shape index (κ1) is 12.9. The van der Waals surface area contributed by atoms with Crippen LogP contribution in [0.5, 0.6) is 0 Å². The van der Waals surface area contributed by atoms with Gasteiger partial charge in [0.1, 0.15) is 0 Å². The highest BCUT2D eigenvalue weighted by atomic mass is 32.1. The Labute approximate surface area is 139 Å². The third kappa shape index (κ3) is 1.70. The second-order valence-corrected chi connectivity index (χ2v) is 8.60. The summed E-state index contributed by atoms with van der Waals surface area (Å²) >= 11 is 1.80. The Kier molecular flexibility index (Phi) is 2.44. The second kappa shape index (κ2) is 4.35. The maximum atomic E-state index is 6.21. The molecular formula is C18H19N3OS. The van der Waals surface area contributed by atoms with Gasteiger partial charge in [0.15, 0.2) is 11.6 Å². The average Bonchev–Trinajstić information content (AvgIpc) is 3.17. The molecule has 1 N–H and O–H groups in total. The topological polar surface area (TPSA) is 36.9 Å². The van der Waals surface area contributed by atoms with Crippen molar-refractivity contribution in [1.29, 1.82) is 0 Å². The van der Waals surface area contributed by atoms with Crippen molar-refractivity contribution in [2.24, 2.45) is 22.7 Å². The smallest absolute Gasteiger partial charge is 0.195 e. The van der Waals surface area contributed by atoms with Crippen LogP contribution in [0.3, 0.4) is 0 Å². The second-order valence-electron chi connectivity index (χ2n) is 7.51. The molecule has 1 saturated carbocycles. The zero-order valence-corrected chi connectivity index (χ0v) is 13.7. The van der Waals surface area contributed by atoms with Crippen LogP contribution in [-0.2, 0) is 4.84 Å². The predicted molar refractivity (Wildman–Crippen MR) is 91.5 cm³/mol. The molecular weight excluding hydrogens is 306 g/mol. The van der Waals surface area contributed by atoms with E-state index in [1.54, 1.807) is 11.3 Å². The number of nitrogens with one attached hydrogen (secondary N) is 1. The first-order valence-corrected chi connectivity index (χ1v) is 9.37. The van der Waals surface area contributed by atoms with Gasteiger partial charge in [-0.15, -0.1) is 11.3 Å². The summed E-state index contributed by atoms with van der Waals surface area (Å²) in [7, 11) is 0. The highest BCUT2D eigenvalue weighted by molar-refractivity contribution is 7.20. The number of rotatable bonds is 1. The molecule has 5 heterocycles. The summed E-state index contributed by atoms with van der Waals surface area (Å²) in [6, 6.07) is 10.8. The van der Waals surface area contributed by atoms with E-state index < -0.39 is 0 Å². The minimum atomic E-state index is -0.307. The van der Waals surface area contributed by atoms with Gasteiger partial charge in [-0.25, -0.2) is 15.3 Å². The average molecular weight is 325 g/mol. The van der Waals surface area contributed by atoms with Gasteiger partial charge in [-0.05, 0) is 36.3 Å². The van der Waals surface area contributed by atoms with Crippen LogP contribution in [0.4, 0.5) is 0 Å². The van der Waals surface area contributed by atoms with Crippen LogP contribution in [0, 0.1) is 17.8 Å². The number of aliphatic imine (C=N–C) groups is 1. The third-order valence-electron chi connectivity index (χ3n) is 6.14. The molecule has 2 atom stereocenters. The highest BCUT2D eigenvalue weighted by Gasteiger charge is 2.60. The van der Waals surface area contributed by atoms with Gasteiger partial charge in [0.2, 0.25) is 0 Å². The molecule has 2 aromatic rings. The molecule has 5 aliphatic rings. The molecule has 7 rings (SSSR count). The Bertz CT molecular complexity index is 766. The van der Waals surface area contributed by atoms with Crippen molar-refractivity contribution in [2.45, 2.75) is 18.6 Å². The fourth-order valence-corrected chi connectivity index (χ4v) is 6.25. The SMILES string of the molecule is c1ccc2sc(C3=NC4(ON3)C3CC5CC4CN(C5)C3)cc2c1. The molecule has 4 aliphatic heterocycles. The Morgan fingerprint density at radius 2 is 2.00 bits per heavy atom. The molecule has 4 nitrogen and oxygen atoms in total. The number of piperidine rings is 3. The molecule has 3 saturated heterocycles. The Hall–Kier alpha value is -1.43. The van der Waals surface area contributed by atoms with E-state index in [1.807, 2.05) is 0 Å². The number of amidine groups is 1. The Balaban J connectivity index is 1.42. The number of benzene rings is 1. The van der Waals surface area contributed by atoms with Gasteiger partial charge >= 0.3 is 0 Å². The summed E-state index contributed by atoms with van der Waals surface area (Å²) in [6.07, 6.45) is 2.55. The van der Waals surface area contributed by atoms with Gasteiger partial charge in [0.25, 0.3) is 0 Å². The summed E-state index contributed by atoms with van der Waals surface area (Å²) < 4.78 is 1.31. The third-order valence-corrected chi connectivity index (χ3v) is 7.26. The van der Waals surface area contributed by atoms with Crippen molar-refractivity contribution in [3.63, 3.8) is 0 Å². The molecule has 4 fully saturated rings. The molecule has 118 valence electrons. The summed E-state index contributed by atoms with van der Waals surface area (Å²) in [5.41, 5.74) is 2.89. The lowest BCUT2D eigenvalue weighted by Gasteiger charge is -2.58. The Morgan fingerprint density at radius 3 is 2.78 bits per heavy atom. The van der Waals surface area contributed by atoms with Crippen LogP contribution in [0.1, 0.15) is 17.7 Å². The molecule has 1 aromatic heterocycles. The van der Waals surface area contributed by atoms with Crippen LogP contribution in [0.2, 0.25) is 0 Å². The Morgan fingerprint density at radius 1 is 1.17 bits per heavy atom. The van der Waals surface area contributed by atoms with Crippen LogP contribution in [0.25, 0.3) is 10.1 Å². The van der Waals surface area contributed by atoms with E-state index in [2.05, 4.69) is 40.7 Å². The number of hydroxylamine groups is 1. The molecule has 4 bridgehead atoms. The summed E-state index contributed by atoms with van der Waals surface area (Å²) in [5, 5.41) is 1.29. The number of fused-ring (bicyclic) bond motifs is 1. The molecule has 0 radical (unpaired) electrons. The van der Waals surface area contributed by atoms with Crippen LogP contribution >= 0.6 is 11.3 Å². The van der Waals surface area contributed by atoms with Crippen molar-refractivity contribution in [3.05, 3.63) is 35.2 Å². The lowest BCUT2D eigenvalue weighted by molar-refractivity contribution is -0.212. The summed E-state index contributed by atoms with van der Waals surface area (Å²) in [6.45, 7) is 3.60. The van der Waals surface area contributed by atoms with Gasteiger partial charge in [-0.1, -0.05) is 18.2 Å². The van der Waals surface area contributed by atoms with Crippen molar-refractivity contribution in [2.75, 3.05) is 19.6 Å². The molecule has 1 aromatic carbocycles. The maximum Gasteiger partial charge on any atom is 0.195 e. The minimum absolute atomic E-state index is 0.307. The van der Waals surface area contributed by atoms with E-state index in [0.717, 1.165) is 24.8 Å². The van der Waals surface area contributed by atoms with E-state index in [9.17, 15) is 0 Å². The molecule has 2 unspecified atom stereocenters. The van der Waals surface area contributed by atoms with Crippen molar-refractivity contribution < 1.29 is 4.84 Å². The highest BCUT2D eigenvalue weighted by Crippen LogP contribution is 2.53. The first-order valence-electron chi connectivity index (χ1n) is 8.55. The maximum absolute atomic E-state index is 6.21. The van der Waals surface area contributed by atoms with Crippen molar-refractivity contribution in [1.82, 2.24) is 10.4 Å². The van der Waals surface area contributed by atoms with Crippen LogP contribution in [-0.4, -0.2) is 36.1 Å². The van der Waals surface area contributed by atoms with E-state index in [0.29, 0.717) is 11.8 Å². The number of thiophene rings is 1. The van der Waals surface area contributed by atoms with Gasteiger partial charge in [0, 0.05) is 36.2 Å². The zero-order chi connectivity index (χ0) is 15.0. The van der Waals surface area contributed by atoms with Gasteiger partial charge in [-0.3, -0.25) is 0 Å².